The minimum Gasteiger partial charge on any atom is -0.497 e. The molecule has 0 radical (unpaired) electrons. The van der Waals surface area contributed by atoms with E-state index in [1.807, 2.05) is 0 Å². The van der Waals surface area contributed by atoms with E-state index in [1.54, 1.807) is 24.3 Å². The first-order valence-electron chi connectivity index (χ1n) is 8.15. The molecule has 2 aromatic carbocycles. The molecule has 0 aliphatic heterocycles. The molecule has 28 heavy (non-hydrogen) atoms. The molecule has 3 aromatic rings. The molecule has 0 N–H and O–H groups in total. The Balaban J connectivity index is 1.67. The van der Waals surface area contributed by atoms with Crippen LogP contribution in [-0.4, -0.2) is 37.6 Å². The maximum Gasteiger partial charge on any atom is 0.358 e. The topological polar surface area (TPSA) is 74.7 Å². The van der Waals surface area contributed by atoms with Crippen molar-refractivity contribution < 1.29 is 28.2 Å². The summed E-state index contributed by atoms with van der Waals surface area (Å²) < 4.78 is 28.4. The fraction of sp³-hybridized carbons (Fsp3) is 0.150. The van der Waals surface area contributed by atoms with Crippen molar-refractivity contribution in [2.75, 3.05) is 20.8 Å². The molecule has 0 atom stereocenters. The van der Waals surface area contributed by atoms with Crippen LogP contribution in [0.25, 0.3) is 10.6 Å². The van der Waals surface area contributed by atoms with Gasteiger partial charge in [-0.1, -0.05) is 0 Å². The molecule has 8 heteroatoms. The Morgan fingerprint density at radius 3 is 2.50 bits per heavy atom. The van der Waals surface area contributed by atoms with Crippen LogP contribution in [0.4, 0.5) is 4.39 Å². The zero-order chi connectivity index (χ0) is 20.1. The number of aromatic nitrogens is 1. The van der Waals surface area contributed by atoms with Gasteiger partial charge >= 0.3 is 5.97 Å². The number of thiazole rings is 1. The van der Waals surface area contributed by atoms with Crippen molar-refractivity contribution in [2.24, 2.45) is 0 Å². The first-order chi connectivity index (χ1) is 13.5. The lowest BCUT2D eigenvalue weighted by Gasteiger charge is -2.09. The molecule has 0 spiro atoms. The highest BCUT2D eigenvalue weighted by atomic mass is 32.1. The zero-order valence-corrected chi connectivity index (χ0v) is 15.9. The number of carbonyl (C=O) groups is 2. The molecule has 0 fully saturated rings. The van der Waals surface area contributed by atoms with Gasteiger partial charge in [0.05, 0.1) is 19.8 Å². The van der Waals surface area contributed by atoms with Gasteiger partial charge in [0.15, 0.2) is 12.3 Å². The number of carbonyl (C=O) groups excluding carboxylic acids is 2. The number of rotatable bonds is 7. The Labute approximate surface area is 164 Å². The molecule has 6 nitrogen and oxygen atoms in total. The Kier molecular flexibility index (Phi) is 6.00. The van der Waals surface area contributed by atoms with Crippen LogP contribution in [0.1, 0.15) is 20.8 Å². The minimum atomic E-state index is -0.722. The third-order valence-electron chi connectivity index (χ3n) is 3.85. The van der Waals surface area contributed by atoms with Gasteiger partial charge in [0.2, 0.25) is 5.78 Å². The van der Waals surface area contributed by atoms with Crippen LogP contribution in [0.3, 0.4) is 0 Å². The smallest absolute Gasteiger partial charge is 0.358 e. The van der Waals surface area contributed by atoms with Gasteiger partial charge in [0.1, 0.15) is 22.3 Å². The Bertz CT molecular complexity index is 1000. The summed E-state index contributed by atoms with van der Waals surface area (Å²) in [5.41, 5.74) is 1.01. The lowest BCUT2D eigenvalue weighted by molar-refractivity contribution is 0.0469. The number of hydrogen-bond donors (Lipinski definition) is 0. The molecule has 144 valence electrons. The van der Waals surface area contributed by atoms with Crippen LogP contribution in [-0.2, 0) is 4.74 Å². The van der Waals surface area contributed by atoms with E-state index in [4.69, 9.17) is 14.2 Å². The summed E-state index contributed by atoms with van der Waals surface area (Å²) in [4.78, 5) is 28.8. The molecule has 1 heterocycles. The van der Waals surface area contributed by atoms with Gasteiger partial charge in [-0.25, -0.2) is 14.2 Å². The van der Waals surface area contributed by atoms with Crippen molar-refractivity contribution in [3.63, 3.8) is 0 Å². The average Bonchev–Trinajstić information content (AvgIpc) is 3.22. The van der Waals surface area contributed by atoms with Gasteiger partial charge in [-0.15, -0.1) is 11.3 Å². The quantitative estimate of drug-likeness (QED) is 0.440. The van der Waals surface area contributed by atoms with Crippen LogP contribution in [0.15, 0.2) is 47.8 Å². The fourth-order valence-corrected chi connectivity index (χ4v) is 3.20. The number of benzene rings is 2. The maximum absolute atomic E-state index is 13.0. The highest BCUT2D eigenvalue weighted by Gasteiger charge is 2.18. The Hall–Kier alpha value is -3.26. The maximum atomic E-state index is 13.0. The predicted molar refractivity (Wildman–Crippen MR) is 102 cm³/mol. The molecular weight excluding hydrogens is 385 g/mol. The monoisotopic (exact) mass is 401 g/mol. The van der Waals surface area contributed by atoms with E-state index >= 15 is 0 Å². The van der Waals surface area contributed by atoms with Crippen LogP contribution < -0.4 is 9.47 Å². The molecule has 0 aliphatic rings. The van der Waals surface area contributed by atoms with Crippen molar-refractivity contribution in [1.82, 2.24) is 4.98 Å². The number of nitrogens with zero attached hydrogens (tertiary/aromatic N) is 1. The second-order valence-corrected chi connectivity index (χ2v) is 6.47. The van der Waals surface area contributed by atoms with Crippen LogP contribution in [0.2, 0.25) is 0 Å². The summed E-state index contributed by atoms with van der Waals surface area (Å²) >= 11 is 1.22. The van der Waals surface area contributed by atoms with Gasteiger partial charge in [-0.05, 0) is 42.5 Å². The average molecular weight is 401 g/mol. The highest BCUT2D eigenvalue weighted by molar-refractivity contribution is 7.13. The summed E-state index contributed by atoms with van der Waals surface area (Å²) in [6.45, 7) is -0.466. The van der Waals surface area contributed by atoms with Crippen molar-refractivity contribution >= 4 is 23.1 Å². The second kappa shape index (κ2) is 8.62. The summed E-state index contributed by atoms with van der Waals surface area (Å²) in [6, 6.07) is 10.6. The van der Waals surface area contributed by atoms with Gasteiger partial charge in [0, 0.05) is 10.9 Å². The minimum absolute atomic E-state index is 0.0785. The molecule has 0 aliphatic carbocycles. The highest BCUT2D eigenvalue weighted by Crippen LogP contribution is 2.26. The largest absolute Gasteiger partial charge is 0.497 e. The van der Waals surface area contributed by atoms with E-state index in [-0.39, 0.29) is 17.1 Å². The first kappa shape index (κ1) is 19.5. The van der Waals surface area contributed by atoms with Crippen molar-refractivity contribution in [1.29, 1.82) is 0 Å². The van der Waals surface area contributed by atoms with Gasteiger partial charge in [-0.2, -0.15) is 0 Å². The number of ether oxygens (including phenoxy) is 3. The number of methoxy groups -OCH3 is 2. The molecular formula is C20H16FNO5S. The van der Waals surface area contributed by atoms with Crippen molar-refractivity contribution in [2.45, 2.75) is 0 Å². The lowest BCUT2D eigenvalue weighted by atomic mass is 10.1. The van der Waals surface area contributed by atoms with Gasteiger partial charge in [-0.3, -0.25) is 4.79 Å². The fourth-order valence-electron chi connectivity index (χ4n) is 2.41. The van der Waals surface area contributed by atoms with E-state index in [0.29, 0.717) is 22.1 Å². The summed E-state index contributed by atoms with van der Waals surface area (Å²) in [7, 11) is 2.92. The number of Topliss-reactive ketones (excluding diaryl/α,β-unsaturated/α-hetero) is 1. The third-order valence-corrected chi connectivity index (χ3v) is 4.74. The lowest BCUT2D eigenvalue weighted by Crippen LogP contribution is -2.15. The molecule has 1 aromatic heterocycles. The second-order valence-electron chi connectivity index (χ2n) is 5.61. The van der Waals surface area contributed by atoms with Gasteiger partial charge < -0.3 is 14.2 Å². The molecule has 3 rings (SSSR count). The predicted octanol–water partition coefficient (Wildman–Crippen LogP) is 4.01. The zero-order valence-electron chi connectivity index (χ0n) is 15.1. The third kappa shape index (κ3) is 4.34. The number of esters is 1. The van der Waals surface area contributed by atoms with Crippen LogP contribution >= 0.6 is 11.3 Å². The van der Waals surface area contributed by atoms with Crippen LogP contribution in [0, 0.1) is 5.82 Å². The van der Waals surface area contributed by atoms with E-state index in [9.17, 15) is 14.0 Å². The van der Waals surface area contributed by atoms with E-state index in [0.717, 1.165) is 0 Å². The van der Waals surface area contributed by atoms with Gasteiger partial charge in [0.25, 0.3) is 0 Å². The molecule has 0 amide bonds. The van der Waals surface area contributed by atoms with E-state index in [1.165, 1.54) is 49.1 Å². The summed E-state index contributed by atoms with van der Waals surface area (Å²) in [5, 5.41) is 2.07. The Morgan fingerprint density at radius 2 is 1.82 bits per heavy atom. The number of halogens is 1. The van der Waals surface area contributed by atoms with Crippen molar-refractivity contribution in [3.8, 4) is 22.1 Å². The molecule has 0 saturated carbocycles. The summed E-state index contributed by atoms with van der Waals surface area (Å²) in [6.07, 6.45) is 0. The SMILES string of the molecule is COc1ccc(OC)c(C(=O)COC(=O)c2csc(-c3ccc(F)cc3)n2)c1. The first-order valence-corrected chi connectivity index (χ1v) is 9.03. The molecule has 0 bridgehead atoms. The Morgan fingerprint density at radius 1 is 1.07 bits per heavy atom. The molecule has 0 saturated heterocycles. The normalized spacial score (nSPS) is 10.4. The standard InChI is InChI=1S/C20H16FNO5S/c1-25-14-7-8-18(26-2)15(9-14)17(23)10-27-20(24)16-11-28-19(22-16)12-3-5-13(21)6-4-12/h3-9,11H,10H2,1-2H3. The summed E-state index contributed by atoms with van der Waals surface area (Å²) in [5.74, 6) is -0.669. The van der Waals surface area contributed by atoms with Crippen molar-refractivity contribution in [3.05, 3.63) is 64.9 Å². The van der Waals surface area contributed by atoms with E-state index in [2.05, 4.69) is 4.98 Å². The molecule has 0 unspecified atom stereocenters. The van der Waals surface area contributed by atoms with Crippen LogP contribution in [0.5, 0.6) is 11.5 Å². The number of hydrogen-bond acceptors (Lipinski definition) is 7. The van der Waals surface area contributed by atoms with E-state index < -0.39 is 18.4 Å². The number of ketones is 1.